The zero-order valence-corrected chi connectivity index (χ0v) is 25.6. The molecule has 2 saturated heterocycles. The van der Waals surface area contributed by atoms with Gasteiger partial charge in [0.2, 0.25) is 11.8 Å². The summed E-state index contributed by atoms with van der Waals surface area (Å²) in [5.41, 5.74) is 1.13. The monoisotopic (exact) mass is 594 g/mol. The van der Waals surface area contributed by atoms with Crippen LogP contribution >= 0.6 is 11.6 Å². The first kappa shape index (κ1) is 29.6. The molecule has 228 valence electrons. The Balaban J connectivity index is 1.15. The van der Waals surface area contributed by atoms with E-state index in [1.165, 1.54) is 57.8 Å². The van der Waals surface area contributed by atoms with Crippen LogP contribution in [-0.2, 0) is 22.6 Å². The lowest BCUT2D eigenvalue weighted by Crippen LogP contribution is -2.58. The van der Waals surface area contributed by atoms with Gasteiger partial charge in [0.15, 0.2) is 0 Å². The zero-order valence-electron chi connectivity index (χ0n) is 24.9. The summed E-state index contributed by atoms with van der Waals surface area (Å²) in [4.78, 5) is 34.0. The molecular formula is C33H47ClN6O2. The van der Waals surface area contributed by atoms with E-state index in [9.17, 15) is 9.59 Å². The number of likely N-dealkylation sites (tertiary alicyclic amines) is 1. The standard InChI is InChI=1S/C33H47ClN6O2/c34-28-12-10-24(11-13-28)18-30(38-31(41)29-19-25-6-4-5-7-26(25)20-36-29)32(42)39-16-14-33(15-17-39,21-40-23-35-22-37-40)27-8-2-1-3-9-27/h10-13,22-23,25-27,29-30,36H,1-9,14-21H2,(H,38,41)/t25?,26?,29-,30+/m0/s1. The highest BCUT2D eigenvalue weighted by molar-refractivity contribution is 6.30. The predicted octanol–water partition coefficient (Wildman–Crippen LogP) is 5.02. The highest BCUT2D eigenvalue weighted by atomic mass is 35.5. The van der Waals surface area contributed by atoms with Crippen molar-refractivity contribution in [3.63, 3.8) is 0 Å². The van der Waals surface area contributed by atoms with Gasteiger partial charge in [-0.3, -0.25) is 14.3 Å². The van der Waals surface area contributed by atoms with E-state index in [-0.39, 0.29) is 23.3 Å². The van der Waals surface area contributed by atoms with Crippen LogP contribution in [0.1, 0.15) is 82.6 Å². The van der Waals surface area contributed by atoms with Crippen molar-refractivity contribution in [3.8, 4) is 0 Å². The van der Waals surface area contributed by atoms with Crippen molar-refractivity contribution >= 4 is 23.4 Å². The van der Waals surface area contributed by atoms with Crippen LogP contribution in [-0.4, -0.2) is 63.2 Å². The van der Waals surface area contributed by atoms with E-state index in [0.29, 0.717) is 42.3 Å². The zero-order chi connectivity index (χ0) is 28.9. The van der Waals surface area contributed by atoms with Gasteiger partial charge in [-0.05, 0) is 85.9 Å². The topological polar surface area (TPSA) is 92.2 Å². The van der Waals surface area contributed by atoms with Crippen molar-refractivity contribution in [2.45, 2.75) is 102 Å². The van der Waals surface area contributed by atoms with Crippen molar-refractivity contribution in [3.05, 3.63) is 47.5 Å². The highest BCUT2D eigenvalue weighted by Gasteiger charge is 2.44. The van der Waals surface area contributed by atoms with Gasteiger partial charge in [0.05, 0.1) is 6.04 Å². The quantitative estimate of drug-likeness (QED) is 0.448. The lowest BCUT2D eigenvalue weighted by Gasteiger charge is -2.48. The van der Waals surface area contributed by atoms with Crippen LogP contribution in [0.4, 0.5) is 0 Å². The summed E-state index contributed by atoms with van der Waals surface area (Å²) >= 11 is 6.15. The molecule has 4 atom stereocenters. The van der Waals surface area contributed by atoms with E-state index in [2.05, 4.69) is 20.7 Å². The van der Waals surface area contributed by atoms with Gasteiger partial charge >= 0.3 is 0 Å². The summed E-state index contributed by atoms with van der Waals surface area (Å²) in [5, 5.41) is 11.8. The second kappa shape index (κ2) is 13.5. The third-order valence-electron chi connectivity index (χ3n) is 11.0. The van der Waals surface area contributed by atoms with E-state index in [1.807, 2.05) is 40.2 Å². The maximum absolute atomic E-state index is 14.2. The van der Waals surface area contributed by atoms with Crippen LogP contribution in [0.25, 0.3) is 0 Å². The van der Waals surface area contributed by atoms with E-state index in [4.69, 9.17) is 11.6 Å². The maximum Gasteiger partial charge on any atom is 0.245 e. The molecule has 2 N–H and O–H groups in total. The maximum atomic E-state index is 14.2. The molecule has 2 aromatic rings. The number of hydrogen-bond acceptors (Lipinski definition) is 5. The largest absolute Gasteiger partial charge is 0.343 e. The van der Waals surface area contributed by atoms with E-state index >= 15 is 0 Å². The molecule has 42 heavy (non-hydrogen) atoms. The number of nitrogens with zero attached hydrogens (tertiary/aromatic N) is 4. The Morgan fingerprint density at radius 1 is 1.00 bits per heavy atom. The van der Waals surface area contributed by atoms with Crippen LogP contribution < -0.4 is 10.6 Å². The van der Waals surface area contributed by atoms with Gasteiger partial charge in [0.25, 0.3) is 0 Å². The number of hydrogen-bond donors (Lipinski definition) is 2. The number of fused-ring (bicyclic) bond motifs is 1. The molecular weight excluding hydrogens is 548 g/mol. The van der Waals surface area contributed by atoms with Gasteiger partial charge in [-0.1, -0.05) is 62.3 Å². The molecule has 2 amide bonds. The van der Waals surface area contributed by atoms with E-state index < -0.39 is 6.04 Å². The summed E-state index contributed by atoms with van der Waals surface area (Å²) in [6.45, 7) is 3.19. The number of halogens is 1. The molecule has 6 rings (SSSR count). The third-order valence-corrected chi connectivity index (χ3v) is 11.3. The normalized spacial score (nSPS) is 27.2. The SMILES string of the molecule is O=C(N[C@H](Cc1ccc(Cl)cc1)C(=O)N1CCC(Cn2cncn2)(C2CCCCC2)CC1)[C@@H]1CC2CCCCC2CN1. The number of rotatable bonds is 8. The van der Waals surface area contributed by atoms with Crippen LogP contribution in [0.5, 0.6) is 0 Å². The minimum Gasteiger partial charge on any atom is -0.343 e. The van der Waals surface area contributed by atoms with Gasteiger partial charge in [-0.25, -0.2) is 4.98 Å². The molecule has 0 radical (unpaired) electrons. The molecule has 1 aromatic heterocycles. The molecule has 2 unspecified atom stereocenters. The molecule has 3 heterocycles. The summed E-state index contributed by atoms with van der Waals surface area (Å²) in [7, 11) is 0. The summed E-state index contributed by atoms with van der Waals surface area (Å²) in [6.07, 6.45) is 18.2. The predicted molar refractivity (Wildman–Crippen MR) is 164 cm³/mol. The summed E-state index contributed by atoms with van der Waals surface area (Å²) in [6, 6.07) is 6.81. The molecule has 2 aliphatic carbocycles. The van der Waals surface area contributed by atoms with Crippen molar-refractivity contribution in [1.29, 1.82) is 0 Å². The smallest absolute Gasteiger partial charge is 0.245 e. The van der Waals surface area contributed by atoms with Gasteiger partial charge in [0, 0.05) is 31.1 Å². The summed E-state index contributed by atoms with van der Waals surface area (Å²) in [5.74, 6) is 1.94. The Morgan fingerprint density at radius 2 is 1.71 bits per heavy atom. The second-order valence-corrected chi connectivity index (χ2v) is 13.9. The Kier molecular flexibility index (Phi) is 9.49. The fraction of sp³-hybridized carbons (Fsp3) is 0.697. The van der Waals surface area contributed by atoms with Crippen LogP contribution in [0, 0.1) is 23.2 Å². The van der Waals surface area contributed by atoms with Crippen molar-refractivity contribution in [1.82, 2.24) is 30.3 Å². The first-order valence-electron chi connectivity index (χ1n) is 16.4. The lowest BCUT2D eigenvalue weighted by atomic mass is 9.63. The number of amides is 2. The molecule has 4 aliphatic rings. The van der Waals surface area contributed by atoms with Gasteiger partial charge in [-0.15, -0.1) is 0 Å². The average molecular weight is 595 g/mol. The molecule has 8 nitrogen and oxygen atoms in total. The van der Waals surface area contributed by atoms with Crippen molar-refractivity contribution in [2.75, 3.05) is 19.6 Å². The van der Waals surface area contributed by atoms with Crippen molar-refractivity contribution in [2.24, 2.45) is 23.2 Å². The van der Waals surface area contributed by atoms with Crippen LogP contribution in [0.2, 0.25) is 5.02 Å². The first-order valence-corrected chi connectivity index (χ1v) is 16.8. The number of carbonyl (C=O) groups excluding carboxylic acids is 2. The van der Waals surface area contributed by atoms with Crippen molar-refractivity contribution < 1.29 is 9.59 Å². The average Bonchev–Trinajstić information content (AvgIpc) is 3.55. The van der Waals surface area contributed by atoms with E-state index in [1.54, 1.807) is 6.33 Å². The molecule has 4 fully saturated rings. The molecule has 9 heteroatoms. The second-order valence-electron chi connectivity index (χ2n) is 13.5. The number of benzene rings is 1. The van der Waals surface area contributed by atoms with Gasteiger partial charge in [0.1, 0.15) is 18.7 Å². The fourth-order valence-electron chi connectivity index (χ4n) is 8.51. The number of carbonyl (C=O) groups is 2. The van der Waals surface area contributed by atoms with E-state index in [0.717, 1.165) is 37.9 Å². The molecule has 2 aliphatic heterocycles. The Morgan fingerprint density at radius 3 is 2.43 bits per heavy atom. The molecule has 0 bridgehead atoms. The first-order chi connectivity index (χ1) is 20.5. The summed E-state index contributed by atoms with van der Waals surface area (Å²) < 4.78 is 1.99. The molecule has 1 aromatic carbocycles. The number of piperidine rings is 2. The number of aromatic nitrogens is 3. The molecule has 2 saturated carbocycles. The number of nitrogens with one attached hydrogen (secondary N) is 2. The van der Waals surface area contributed by atoms with Crippen LogP contribution in [0.3, 0.4) is 0 Å². The third kappa shape index (κ3) is 6.85. The fourth-order valence-corrected chi connectivity index (χ4v) is 8.64. The Hall–Kier alpha value is -2.45. The Bertz CT molecular complexity index is 1170. The van der Waals surface area contributed by atoms with Crippen LogP contribution in [0.15, 0.2) is 36.9 Å². The Labute approximate surface area is 255 Å². The lowest BCUT2D eigenvalue weighted by molar-refractivity contribution is -0.140. The minimum absolute atomic E-state index is 0.0302. The molecule has 0 spiro atoms. The van der Waals surface area contributed by atoms with Gasteiger partial charge in [-0.2, -0.15) is 5.10 Å². The van der Waals surface area contributed by atoms with Gasteiger partial charge < -0.3 is 15.5 Å². The highest BCUT2D eigenvalue weighted by Crippen LogP contribution is 2.47. The minimum atomic E-state index is -0.595.